The summed E-state index contributed by atoms with van der Waals surface area (Å²) in [6.07, 6.45) is -0.0985. The smallest absolute Gasteiger partial charge is 0.249 e. The molecule has 1 aliphatic rings. The highest BCUT2D eigenvalue weighted by atomic mass is 32.2. The van der Waals surface area contributed by atoms with E-state index < -0.39 is 32.6 Å². The lowest BCUT2D eigenvalue weighted by Crippen LogP contribution is -2.40. The SMILES string of the molecule is CC1CC(=O)NCCN1S(=O)(=O)c1c(F)cc(C#N)cc1F. The Morgan fingerprint density at radius 2 is 1.95 bits per heavy atom. The minimum atomic E-state index is -4.46. The third-order valence-electron chi connectivity index (χ3n) is 3.32. The molecule has 0 radical (unpaired) electrons. The van der Waals surface area contributed by atoms with Crippen molar-refractivity contribution in [2.45, 2.75) is 24.3 Å². The van der Waals surface area contributed by atoms with Crippen LogP contribution in [-0.2, 0) is 14.8 Å². The summed E-state index contributed by atoms with van der Waals surface area (Å²) in [5.41, 5.74) is -0.310. The van der Waals surface area contributed by atoms with Crippen molar-refractivity contribution >= 4 is 15.9 Å². The van der Waals surface area contributed by atoms with E-state index in [0.29, 0.717) is 12.1 Å². The highest BCUT2D eigenvalue weighted by molar-refractivity contribution is 7.89. The van der Waals surface area contributed by atoms with Gasteiger partial charge in [-0.15, -0.1) is 0 Å². The van der Waals surface area contributed by atoms with Crippen molar-refractivity contribution in [3.05, 3.63) is 29.3 Å². The molecular weight excluding hydrogens is 316 g/mol. The van der Waals surface area contributed by atoms with Crippen LogP contribution in [0.3, 0.4) is 0 Å². The average molecular weight is 329 g/mol. The number of nitriles is 1. The lowest BCUT2D eigenvalue weighted by Gasteiger charge is -2.25. The topological polar surface area (TPSA) is 90.3 Å². The standard InChI is InChI=1S/C13H13F2N3O3S/c1-8-4-12(19)17-2-3-18(8)22(20,21)13-10(14)5-9(7-16)6-11(13)15/h5-6,8H,2-4H2,1H3,(H,17,19). The molecule has 9 heteroatoms. The molecule has 0 spiro atoms. The minimum absolute atomic E-state index is 0.0575. The summed E-state index contributed by atoms with van der Waals surface area (Å²) >= 11 is 0. The summed E-state index contributed by atoms with van der Waals surface area (Å²) < 4.78 is 53.9. The summed E-state index contributed by atoms with van der Waals surface area (Å²) in [6, 6.07) is 2.15. The van der Waals surface area contributed by atoms with Gasteiger partial charge in [-0.3, -0.25) is 4.79 Å². The maximum atomic E-state index is 14.0. The molecule has 1 atom stereocenters. The maximum Gasteiger partial charge on any atom is 0.249 e. The van der Waals surface area contributed by atoms with E-state index in [1.807, 2.05) is 0 Å². The van der Waals surface area contributed by atoms with Gasteiger partial charge in [-0.05, 0) is 19.1 Å². The average Bonchev–Trinajstić information content (AvgIpc) is 2.58. The predicted octanol–water partition coefficient (Wildman–Crippen LogP) is 0.736. The highest BCUT2D eigenvalue weighted by Crippen LogP contribution is 2.26. The van der Waals surface area contributed by atoms with Gasteiger partial charge in [0.1, 0.15) is 11.6 Å². The van der Waals surface area contributed by atoms with Crippen molar-refractivity contribution in [2.75, 3.05) is 13.1 Å². The van der Waals surface area contributed by atoms with Gasteiger partial charge in [0.2, 0.25) is 15.9 Å². The lowest BCUT2D eigenvalue weighted by atomic mass is 10.2. The van der Waals surface area contributed by atoms with Gasteiger partial charge in [-0.25, -0.2) is 17.2 Å². The number of nitrogens with zero attached hydrogens (tertiary/aromatic N) is 2. The van der Waals surface area contributed by atoms with Gasteiger partial charge in [0, 0.05) is 25.6 Å². The van der Waals surface area contributed by atoms with Crippen molar-refractivity contribution < 1.29 is 22.0 Å². The van der Waals surface area contributed by atoms with E-state index in [1.54, 1.807) is 6.07 Å². The van der Waals surface area contributed by atoms with Crippen LogP contribution in [-0.4, -0.2) is 37.8 Å². The number of hydrogen-bond donors (Lipinski definition) is 1. The van der Waals surface area contributed by atoms with Gasteiger partial charge < -0.3 is 5.32 Å². The van der Waals surface area contributed by atoms with Crippen LogP contribution < -0.4 is 5.32 Å². The monoisotopic (exact) mass is 329 g/mol. The van der Waals surface area contributed by atoms with E-state index in [4.69, 9.17) is 5.26 Å². The Balaban J connectivity index is 2.51. The summed E-state index contributed by atoms with van der Waals surface area (Å²) in [5, 5.41) is 11.1. The summed E-state index contributed by atoms with van der Waals surface area (Å²) in [5.74, 6) is -2.98. The fourth-order valence-corrected chi connectivity index (χ4v) is 4.04. The number of hydrogen-bond acceptors (Lipinski definition) is 4. The minimum Gasteiger partial charge on any atom is -0.355 e. The molecule has 1 aromatic rings. The molecule has 1 unspecified atom stereocenters. The predicted molar refractivity (Wildman–Crippen MR) is 72.1 cm³/mol. The third kappa shape index (κ3) is 2.93. The number of sulfonamides is 1. The fraction of sp³-hybridized carbons (Fsp3) is 0.385. The Bertz CT molecular complexity index is 735. The number of benzene rings is 1. The Kier molecular flexibility index (Phi) is 4.44. The first kappa shape index (κ1) is 16.3. The van der Waals surface area contributed by atoms with E-state index in [0.717, 1.165) is 4.31 Å². The molecule has 118 valence electrons. The van der Waals surface area contributed by atoms with Gasteiger partial charge in [0.05, 0.1) is 11.6 Å². The molecule has 0 aromatic heterocycles. The second-order valence-corrected chi connectivity index (χ2v) is 6.73. The molecule has 1 N–H and O–H groups in total. The zero-order chi connectivity index (χ0) is 16.5. The van der Waals surface area contributed by atoms with Crippen LogP contribution in [0.4, 0.5) is 8.78 Å². The first-order chi connectivity index (χ1) is 10.3. The van der Waals surface area contributed by atoms with Crippen molar-refractivity contribution in [3.8, 4) is 6.07 Å². The number of carbonyl (C=O) groups excluding carboxylic acids is 1. The Morgan fingerprint density at radius 3 is 2.50 bits per heavy atom. The third-order valence-corrected chi connectivity index (χ3v) is 5.39. The number of amides is 1. The highest BCUT2D eigenvalue weighted by Gasteiger charge is 2.36. The first-order valence-corrected chi connectivity index (χ1v) is 7.89. The molecule has 1 heterocycles. The van der Waals surface area contributed by atoms with E-state index >= 15 is 0 Å². The molecular formula is C13H13F2N3O3S. The Hall–Kier alpha value is -2.05. The van der Waals surface area contributed by atoms with Gasteiger partial charge >= 0.3 is 0 Å². The second kappa shape index (κ2) is 5.98. The molecule has 1 aromatic carbocycles. The van der Waals surface area contributed by atoms with Crippen LogP contribution in [0.25, 0.3) is 0 Å². The van der Waals surface area contributed by atoms with E-state index in [2.05, 4.69) is 5.32 Å². The van der Waals surface area contributed by atoms with Crippen LogP contribution >= 0.6 is 0 Å². The van der Waals surface area contributed by atoms with Crippen molar-refractivity contribution in [1.82, 2.24) is 9.62 Å². The van der Waals surface area contributed by atoms with Crippen molar-refractivity contribution in [3.63, 3.8) is 0 Å². The molecule has 1 fully saturated rings. The zero-order valence-corrected chi connectivity index (χ0v) is 12.5. The van der Waals surface area contributed by atoms with E-state index in [1.165, 1.54) is 6.92 Å². The summed E-state index contributed by atoms with van der Waals surface area (Å²) in [4.78, 5) is 10.3. The molecule has 0 bridgehead atoms. The van der Waals surface area contributed by atoms with Crippen molar-refractivity contribution in [2.24, 2.45) is 0 Å². The normalized spacial score (nSPS) is 20.1. The molecule has 1 amide bonds. The Morgan fingerprint density at radius 1 is 1.36 bits per heavy atom. The number of nitrogens with one attached hydrogen (secondary N) is 1. The maximum absolute atomic E-state index is 14.0. The van der Waals surface area contributed by atoms with Crippen LogP contribution in [0.15, 0.2) is 17.0 Å². The first-order valence-electron chi connectivity index (χ1n) is 6.45. The molecule has 1 aliphatic heterocycles. The quantitative estimate of drug-likeness (QED) is 0.866. The van der Waals surface area contributed by atoms with Gasteiger partial charge in [-0.1, -0.05) is 0 Å². The molecule has 6 nitrogen and oxygen atoms in total. The van der Waals surface area contributed by atoms with Crippen molar-refractivity contribution in [1.29, 1.82) is 5.26 Å². The zero-order valence-electron chi connectivity index (χ0n) is 11.6. The molecule has 0 saturated carbocycles. The molecule has 0 aliphatic carbocycles. The fourth-order valence-electron chi connectivity index (χ4n) is 2.31. The molecule has 22 heavy (non-hydrogen) atoms. The van der Waals surface area contributed by atoms with E-state index in [-0.39, 0.29) is 31.0 Å². The van der Waals surface area contributed by atoms with E-state index in [9.17, 15) is 22.0 Å². The Labute approximate surface area is 126 Å². The summed E-state index contributed by atoms with van der Waals surface area (Å²) in [6.45, 7) is 1.46. The van der Waals surface area contributed by atoms with Crippen LogP contribution in [0.2, 0.25) is 0 Å². The molecule has 2 rings (SSSR count). The summed E-state index contributed by atoms with van der Waals surface area (Å²) in [7, 11) is -4.46. The van der Waals surface area contributed by atoms with Gasteiger partial charge in [-0.2, -0.15) is 9.57 Å². The van der Waals surface area contributed by atoms with Crippen LogP contribution in [0.5, 0.6) is 0 Å². The largest absolute Gasteiger partial charge is 0.355 e. The molecule has 1 saturated heterocycles. The van der Waals surface area contributed by atoms with Gasteiger partial charge in [0.15, 0.2) is 4.90 Å². The number of rotatable bonds is 2. The van der Waals surface area contributed by atoms with Crippen LogP contribution in [0.1, 0.15) is 18.9 Å². The lowest BCUT2D eigenvalue weighted by molar-refractivity contribution is -0.121. The second-order valence-electron chi connectivity index (χ2n) is 4.90. The van der Waals surface area contributed by atoms with Gasteiger partial charge in [0.25, 0.3) is 0 Å². The number of halogens is 2. The van der Waals surface area contributed by atoms with Crippen LogP contribution in [0, 0.1) is 23.0 Å². The number of carbonyl (C=O) groups is 1.